The first-order chi connectivity index (χ1) is 14.1. The van der Waals surface area contributed by atoms with Crippen LogP contribution in [0.3, 0.4) is 0 Å². The van der Waals surface area contributed by atoms with Crippen LogP contribution in [0.4, 0.5) is 0 Å². The molecule has 0 atom stereocenters. The standard InChI is InChI=1S/C22H22N2O5/c1-3-27-18-8-10-19(11-9-18)29-14-16-4-6-17(7-5-16)21(25)23-24-22(26)20-15(2)12-13-28-20/h4-13H,3,14H2,1-2H3,(H,23,25)(H,24,26). The van der Waals surface area contributed by atoms with Gasteiger partial charge in [-0.3, -0.25) is 20.4 Å². The molecule has 0 unspecified atom stereocenters. The summed E-state index contributed by atoms with van der Waals surface area (Å²) in [7, 11) is 0. The number of benzene rings is 2. The van der Waals surface area contributed by atoms with Crippen LogP contribution in [-0.2, 0) is 6.61 Å². The number of hydrogen-bond acceptors (Lipinski definition) is 5. The molecule has 150 valence electrons. The van der Waals surface area contributed by atoms with Crippen molar-refractivity contribution in [2.75, 3.05) is 6.61 Å². The van der Waals surface area contributed by atoms with Crippen LogP contribution in [0.25, 0.3) is 0 Å². The lowest BCUT2D eigenvalue weighted by molar-refractivity contribution is 0.0830. The van der Waals surface area contributed by atoms with Crippen molar-refractivity contribution in [3.8, 4) is 11.5 Å². The van der Waals surface area contributed by atoms with Crippen molar-refractivity contribution in [2.45, 2.75) is 20.5 Å². The molecule has 0 bridgehead atoms. The van der Waals surface area contributed by atoms with Crippen LogP contribution in [0.2, 0.25) is 0 Å². The van der Waals surface area contributed by atoms with Gasteiger partial charge in [0.15, 0.2) is 5.76 Å². The molecule has 3 aromatic rings. The molecule has 29 heavy (non-hydrogen) atoms. The molecule has 0 spiro atoms. The minimum atomic E-state index is -0.513. The molecule has 0 fully saturated rings. The van der Waals surface area contributed by atoms with Crippen molar-refractivity contribution in [3.05, 3.63) is 83.3 Å². The molecule has 2 N–H and O–H groups in total. The Hall–Kier alpha value is -3.74. The third-order valence-corrected chi connectivity index (χ3v) is 4.11. The van der Waals surface area contributed by atoms with E-state index in [-0.39, 0.29) is 5.76 Å². The van der Waals surface area contributed by atoms with Crippen molar-refractivity contribution in [2.24, 2.45) is 0 Å². The number of hydrogen-bond donors (Lipinski definition) is 2. The Bertz CT molecular complexity index is 962. The monoisotopic (exact) mass is 394 g/mol. The number of carbonyl (C=O) groups is 2. The van der Waals surface area contributed by atoms with Gasteiger partial charge in [0.1, 0.15) is 18.1 Å². The molecule has 1 aromatic heterocycles. The average Bonchev–Trinajstić information content (AvgIpc) is 3.18. The summed E-state index contributed by atoms with van der Waals surface area (Å²) in [5.41, 5.74) is 6.70. The zero-order valence-electron chi connectivity index (χ0n) is 16.2. The van der Waals surface area contributed by atoms with E-state index in [0.29, 0.717) is 24.3 Å². The minimum Gasteiger partial charge on any atom is -0.494 e. The Labute approximate surface area is 168 Å². The first-order valence-electron chi connectivity index (χ1n) is 9.16. The van der Waals surface area contributed by atoms with Crippen LogP contribution in [0.5, 0.6) is 11.5 Å². The number of aryl methyl sites for hydroxylation is 1. The van der Waals surface area contributed by atoms with Crippen LogP contribution in [0, 0.1) is 6.92 Å². The third-order valence-electron chi connectivity index (χ3n) is 4.11. The van der Waals surface area contributed by atoms with E-state index in [1.165, 1.54) is 6.26 Å². The molecule has 7 heteroatoms. The summed E-state index contributed by atoms with van der Waals surface area (Å²) in [6.07, 6.45) is 1.42. The summed E-state index contributed by atoms with van der Waals surface area (Å²) in [5.74, 6) is 0.741. The maximum Gasteiger partial charge on any atom is 0.305 e. The molecule has 0 radical (unpaired) electrons. The van der Waals surface area contributed by atoms with Crippen LogP contribution in [0.15, 0.2) is 65.3 Å². The molecule has 0 saturated carbocycles. The fraction of sp³-hybridized carbons (Fsp3) is 0.182. The lowest BCUT2D eigenvalue weighted by atomic mass is 10.1. The maximum atomic E-state index is 12.2. The summed E-state index contributed by atoms with van der Waals surface area (Å²) < 4.78 is 16.2. The normalized spacial score (nSPS) is 10.3. The topological polar surface area (TPSA) is 89.8 Å². The number of carbonyl (C=O) groups excluding carboxylic acids is 2. The smallest absolute Gasteiger partial charge is 0.305 e. The van der Waals surface area contributed by atoms with Gasteiger partial charge in [-0.05, 0) is 61.9 Å². The van der Waals surface area contributed by atoms with E-state index in [1.54, 1.807) is 37.3 Å². The molecular weight excluding hydrogens is 372 g/mol. The number of amides is 2. The average molecular weight is 394 g/mol. The highest BCUT2D eigenvalue weighted by Crippen LogP contribution is 2.18. The van der Waals surface area contributed by atoms with Crippen molar-refractivity contribution < 1.29 is 23.5 Å². The van der Waals surface area contributed by atoms with E-state index in [0.717, 1.165) is 17.1 Å². The van der Waals surface area contributed by atoms with E-state index < -0.39 is 11.8 Å². The van der Waals surface area contributed by atoms with Gasteiger partial charge >= 0.3 is 5.91 Å². The predicted octanol–water partition coefficient (Wildman–Crippen LogP) is 3.64. The molecule has 2 amide bonds. The number of furan rings is 1. The van der Waals surface area contributed by atoms with E-state index >= 15 is 0 Å². The van der Waals surface area contributed by atoms with Crippen molar-refractivity contribution >= 4 is 11.8 Å². The maximum absolute atomic E-state index is 12.2. The Morgan fingerprint density at radius 3 is 2.07 bits per heavy atom. The van der Waals surface area contributed by atoms with Crippen LogP contribution in [-0.4, -0.2) is 18.4 Å². The molecule has 0 aliphatic heterocycles. The van der Waals surface area contributed by atoms with Crippen LogP contribution in [0.1, 0.15) is 39.0 Å². The van der Waals surface area contributed by atoms with E-state index in [4.69, 9.17) is 13.9 Å². The van der Waals surface area contributed by atoms with Gasteiger partial charge in [-0.1, -0.05) is 12.1 Å². The molecule has 7 nitrogen and oxygen atoms in total. The highest BCUT2D eigenvalue weighted by atomic mass is 16.5. The molecule has 2 aromatic carbocycles. The van der Waals surface area contributed by atoms with Crippen LogP contribution < -0.4 is 20.3 Å². The van der Waals surface area contributed by atoms with Crippen molar-refractivity contribution in [1.82, 2.24) is 10.9 Å². The first-order valence-corrected chi connectivity index (χ1v) is 9.16. The zero-order valence-corrected chi connectivity index (χ0v) is 16.2. The van der Waals surface area contributed by atoms with E-state index in [2.05, 4.69) is 10.9 Å². The second kappa shape index (κ2) is 9.45. The molecule has 0 aliphatic carbocycles. The molecule has 0 aliphatic rings. The van der Waals surface area contributed by atoms with Gasteiger partial charge < -0.3 is 13.9 Å². The van der Waals surface area contributed by atoms with Gasteiger partial charge in [0.2, 0.25) is 0 Å². The molecule has 1 heterocycles. The molecule has 0 saturated heterocycles. The Morgan fingerprint density at radius 2 is 1.48 bits per heavy atom. The van der Waals surface area contributed by atoms with Crippen molar-refractivity contribution in [3.63, 3.8) is 0 Å². The van der Waals surface area contributed by atoms with E-state index in [9.17, 15) is 9.59 Å². The predicted molar refractivity (Wildman–Crippen MR) is 107 cm³/mol. The van der Waals surface area contributed by atoms with Gasteiger partial charge in [-0.2, -0.15) is 0 Å². The summed E-state index contributed by atoms with van der Waals surface area (Å²) in [5, 5.41) is 0. The number of ether oxygens (including phenoxy) is 2. The lowest BCUT2D eigenvalue weighted by Crippen LogP contribution is -2.41. The van der Waals surface area contributed by atoms with E-state index in [1.807, 2.05) is 31.2 Å². The van der Waals surface area contributed by atoms with Gasteiger partial charge in [0.05, 0.1) is 12.9 Å². The van der Waals surface area contributed by atoms with Gasteiger partial charge in [0, 0.05) is 11.1 Å². The highest BCUT2D eigenvalue weighted by molar-refractivity contribution is 5.98. The molecule has 3 rings (SSSR count). The summed E-state index contributed by atoms with van der Waals surface area (Å²) >= 11 is 0. The van der Waals surface area contributed by atoms with Crippen molar-refractivity contribution in [1.29, 1.82) is 0 Å². The summed E-state index contributed by atoms with van der Waals surface area (Å²) in [4.78, 5) is 24.1. The van der Waals surface area contributed by atoms with Gasteiger partial charge in [0.25, 0.3) is 5.91 Å². The fourth-order valence-corrected chi connectivity index (χ4v) is 2.57. The Balaban J connectivity index is 1.49. The van der Waals surface area contributed by atoms with Gasteiger partial charge in [-0.25, -0.2) is 0 Å². The second-order valence-electron chi connectivity index (χ2n) is 6.23. The fourth-order valence-electron chi connectivity index (χ4n) is 2.57. The van der Waals surface area contributed by atoms with Crippen LogP contribution >= 0.6 is 0 Å². The zero-order chi connectivity index (χ0) is 20.6. The second-order valence-corrected chi connectivity index (χ2v) is 6.23. The lowest BCUT2D eigenvalue weighted by Gasteiger charge is -2.09. The Kier molecular flexibility index (Phi) is 6.52. The number of rotatable bonds is 7. The largest absolute Gasteiger partial charge is 0.494 e. The number of nitrogens with one attached hydrogen (secondary N) is 2. The third kappa shape index (κ3) is 5.38. The SMILES string of the molecule is CCOc1ccc(OCc2ccc(C(=O)NNC(=O)c3occc3C)cc2)cc1. The molecular formula is C22H22N2O5. The Morgan fingerprint density at radius 1 is 0.862 bits per heavy atom. The first kappa shape index (κ1) is 20.0. The summed E-state index contributed by atoms with van der Waals surface area (Å²) in [6.45, 7) is 4.66. The minimum absolute atomic E-state index is 0.159. The number of hydrazine groups is 1. The highest BCUT2D eigenvalue weighted by Gasteiger charge is 2.14. The van der Waals surface area contributed by atoms with Gasteiger partial charge in [-0.15, -0.1) is 0 Å². The summed E-state index contributed by atoms with van der Waals surface area (Å²) in [6, 6.07) is 16.0. The quantitative estimate of drug-likeness (QED) is 0.597.